The van der Waals surface area contributed by atoms with Gasteiger partial charge in [0.05, 0.1) is 6.20 Å². The monoisotopic (exact) mass is 368 g/mol. The first-order valence-corrected chi connectivity index (χ1v) is 8.34. The summed E-state index contributed by atoms with van der Waals surface area (Å²) in [7, 11) is 0. The van der Waals surface area contributed by atoms with Gasteiger partial charge in [-0.2, -0.15) is 0 Å². The van der Waals surface area contributed by atoms with Crippen LogP contribution in [-0.2, 0) is 4.74 Å². The van der Waals surface area contributed by atoms with E-state index in [-0.39, 0.29) is 5.56 Å². The molecule has 8 nitrogen and oxygen atoms in total. The van der Waals surface area contributed by atoms with E-state index >= 15 is 0 Å². The average Bonchev–Trinajstić information content (AvgIpc) is 2.55. The zero-order valence-corrected chi connectivity index (χ0v) is 15.5. The highest BCUT2D eigenvalue weighted by Crippen LogP contribution is 2.29. The second kappa shape index (κ2) is 7.06. The Labute approximate surface area is 155 Å². The van der Waals surface area contributed by atoms with Crippen LogP contribution in [0.15, 0.2) is 41.5 Å². The van der Waals surface area contributed by atoms with Crippen LogP contribution in [0.4, 0.5) is 10.5 Å². The molecule has 0 aliphatic rings. The average molecular weight is 368 g/mol. The maximum Gasteiger partial charge on any atom is 0.412 e. The summed E-state index contributed by atoms with van der Waals surface area (Å²) in [6.45, 7) is 7.25. The van der Waals surface area contributed by atoms with Crippen LogP contribution in [0.5, 0.6) is 11.5 Å². The van der Waals surface area contributed by atoms with E-state index in [1.807, 2.05) is 6.92 Å². The van der Waals surface area contributed by atoms with Gasteiger partial charge in [0.1, 0.15) is 16.9 Å². The number of ether oxygens (including phenoxy) is 2. The number of anilines is 1. The third-order valence-corrected chi connectivity index (χ3v) is 3.50. The number of benzene rings is 1. The van der Waals surface area contributed by atoms with Gasteiger partial charge in [0, 0.05) is 18.0 Å². The molecule has 3 rings (SSSR count). The second-order valence-corrected chi connectivity index (χ2v) is 6.96. The fourth-order valence-corrected chi connectivity index (χ4v) is 2.39. The largest absolute Gasteiger partial charge is 0.455 e. The molecule has 0 spiro atoms. The number of hydrogen-bond acceptors (Lipinski definition) is 6. The number of fused-ring (bicyclic) bond motifs is 1. The maximum absolute atomic E-state index is 11.9. The topological polar surface area (TPSA) is 106 Å². The third-order valence-electron chi connectivity index (χ3n) is 3.50. The van der Waals surface area contributed by atoms with E-state index in [0.717, 1.165) is 5.56 Å². The van der Waals surface area contributed by atoms with Crippen molar-refractivity contribution < 1.29 is 14.3 Å². The molecule has 0 saturated carbocycles. The zero-order chi connectivity index (χ0) is 19.6. The number of nitrogens with one attached hydrogen (secondary N) is 2. The van der Waals surface area contributed by atoms with Crippen molar-refractivity contribution >= 4 is 22.9 Å². The summed E-state index contributed by atoms with van der Waals surface area (Å²) in [5.74, 6) is 1.02. The van der Waals surface area contributed by atoms with Crippen molar-refractivity contribution in [3.05, 3.63) is 52.6 Å². The number of aryl methyl sites for hydroxylation is 1. The van der Waals surface area contributed by atoms with Gasteiger partial charge in [-0.15, -0.1) is 0 Å². The molecule has 2 N–H and O–H groups in total. The van der Waals surface area contributed by atoms with Crippen molar-refractivity contribution in [2.24, 2.45) is 0 Å². The van der Waals surface area contributed by atoms with Crippen LogP contribution in [-0.4, -0.2) is 26.6 Å². The fraction of sp³-hybridized carbons (Fsp3) is 0.263. The molecule has 0 bridgehead atoms. The Morgan fingerprint density at radius 2 is 1.96 bits per heavy atom. The smallest absolute Gasteiger partial charge is 0.412 e. The minimum absolute atomic E-state index is 0.333. The quantitative estimate of drug-likeness (QED) is 0.729. The Hall–Kier alpha value is -3.42. The lowest BCUT2D eigenvalue weighted by Gasteiger charge is -2.20. The number of pyridine rings is 1. The highest BCUT2D eigenvalue weighted by molar-refractivity contribution is 5.86. The van der Waals surface area contributed by atoms with Crippen LogP contribution in [0.3, 0.4) is 0 Å². The van der Waals surface area contributed by atoms with Crippen LogP contribution in [0.25, 0.3) is 11.2 Å². The maximum atomic E-state index is 11.9. The number of H-pyrrole nitrogens is 1. The Bertz CT molecular complexity index is 1050. The summed E-state index contributed by atoms with van der Waals surface area (Å²) in [4.78, 5) is 34.1. The third kappa shape index (κ3) is 4.60. The highest BCUT2D eigenvalue weighted by atomic mass is 16.6. The van der Waals surface area contributed by atoms with Gasteiger partial charge in [-0.25, -0.2) is 14.8 Å². The number of nitrogens with zero attached hydrogens (tertiary/aromatic N) is 2. The molecule has 0 radical (unpaired) electrons. The van der Waals surface area contributed by atoms with Crippen LogP contribution in [0, 0.1) is 6.92 Å². The predicted octanol–water partition coefficient (Wildman–Crippen LogP) is 3.77. The lowest BCUT2D eigenvalue weighted by molar-refractivity contribution is 0.0636. The van der Waals surface area contributed by atoms with Gasteiger partial charge in [0.15, 0.2) is 11.4 Å². The van der Waals surface area contributed by atoms with Crippen molar-refractivity contribution in [3.63, 3.8) is 0 Å². The van der Waals surface area contributed by atoms with E-state index in [2.05, 4.69) is 20.3 Å². The molecule has 0 unspecified atom stereocenters. The van der Waals surface area contributed by atoms with Gasteiger partial charge >= 0.3 is 6.09 Å². The first-order chi connectivity index (χ1) is 12.7. The Morgan fingerprint density at radius 3 is 2.67 bits per heavy atom. The van der Waals surface area contributed by atoms with Crippen molar-refractivity contribution in [3.8, 4) is 11.5 Å². The van der Waals surface area contributed by atoms with Crippen molar-refractivity contribution in [2.75, 3.05) is 5.32 Å². The molecular formula is C19H20N4O4. The summed E-state index contributed by atoms with van der Waals surface area (Å²) in [6, 6.07) is 6.89. The summed E-state index contributed by atoms with van der Waals surface area (Å²) < 4.78 is 11.1. The summed E-state index contributed by atoms with van der Waals surface area (Å²) >= 11 is 0. The SMILES string of the molecule is Cc1cc(Oc2ccnc3[nH]c(=O)cnc23)ccc1NC(=O)OC(C)(C)C. The van der Waals surface area contributed by atoms with E-state index in [0.29, 0.717) is 28.4 Å². The molecule has 0 aliphatic heterocycles. The van der Waals surface area contributed by atoms with E-state index < -0.39 is 11.7 Å². The first-order valence-electron chi connectivity index (χ1n) is 8.34. The molecular weight excluding hydrogens is 348 g/mol. The molecule has 8 heteroatoms. The number of aromatic nitrogens is 3. The number of amides is 1. The molecule has 0 atom stereocenters. The number of rotatable bonds is 3. The predicted molar refractivity (Wildman–Crippen MR) is 101 cm³/mol. The lowest BCUT2D eigenvalue weighted by atomic mass is 10.2. The van der Waals surface area contributed by atoms with Crippen LogP contribution < -0.4 is 15.6 Å². The molecule has 1 amide bonds. The fourth-order valence-electron chi connectivity index (χ4n) is 2.39. The minimum Gasteiger partial charge on any atom is -0.455 e. The molecule has 3 aromatic rings. The van der Waals surface area contributed by atoms with Crippen molar-refractivity contribution in [1.82, 2.24) is 15.0 Å². The summed E-state index contributed by atoms with van der Waals surface area (Å²) in [6.07, 6.45) is 2.18. The Morgan fingerprint density at radius 1 is 1.19 bits per heavy atom. The molecule has 0 fully saturated rings. The zero-order valence-electron chi connectivity index (χ0n) is 15.5. The molecule has 2 heterocycles. The summed E-state index contributed by atoms with van der Waals surface area (Å²) in [5, 5.41) is 2.71. The molecule has 2 aromatic heterocycles. The Kier molecular flexibility index (Phi) is 4.81. The van der Waals surface area contributed by atoms with Gasteiger partial charge in [-0.05, 0) is 51.5 Å². The van der Waals surface area contributed by atoms with Gasteiger partial charge < -0.3 is 14.5 Å². The van der Waals surface area contributed by atoms with Gasteiger partial charge in [0.25, 0.3) is 5.56 Å². The van der Waals surface area contributed by atoms with E-state index in [9.17, 15) is 9.59 Å². The first kappa shape index (κ1) is 18.4. The molecule has 27 heavy (non-hydrogen) atoms. The highest BCUT2D eigenvalue weighted by Gasteiger charge is 2.17. The Balaban J connectivity index is 1.81. The van der Waals surface area contributed by atoms with E-state index in [1.165, 1.54) is 12.4 Å². The lowest BCUT2D eigenvalue weighted by Crippen LogP contribution is -2.27. The molecule has 0 aliphatic carbocycles. The standard InChI is InChI=1S/C19H20N4O4/c1-11-9-12(5-6-13(11)22-18(25)27-19(2,3)4)26-14-7-8-20-17-16(14)21-10-15(24)23-17/h5-10H,1-4H3,(H,22,25)(H,20,23,24). The van der Waals surface area contributed by atoms with Crippen molar-refractivity contribution in [1.29, 1.82) is 0 Å². The molecule has 0 saturated heterocycles. The van der Waals surface area contributed by atoms with Gasteiger partial charge in [-0.3, -0.25) is 10.1 Å². The van der Waals surface area contributed by atoms with E-state index in [1.54, 1.807) is 45.0 Å². The number of hydrogen-bond donors (Lipinski definition) is 2. The van der Waals surface area contributed by atoms with E-state index in [4.69, 9.17) is 9.47 Å². The number of carbonyl (C=O) groups is 1. The normalized spacial score (nSPS) is 11.3. The number of aromatic amines is 1. The van der Waals surface area contributed by atoms with Crippen LogP contribution in [0.1, 0.15) is 26.3 Å². The van der Waals surface area contributed by atoms with Crippen LogP contribution in [0.2, 0.25) is 0 Å². The molecule has 140 valence electrons. The van der Waals surface area contributed by atoms with Crippen LogP contribution >= 0.6 is 0 Å². The number of carbonyl (C=O) groups excluding carboxylic acids is 1. The minimum atomic E-state index is -0.572. The van der Waals surface area contributed by atoms with Gasteiger partial charge in [0.2, 0.25) is 0 Å². The summed E-state index contributed by atoms with van der Waals surface area (Å²) in [5.41, 5.74) is 1.32. The second-order valence-electron chi connectivity index (χ2n) is 6.96. The molecule has 1 aromatic carbocycles. The van der Waals surface area contributed by atoms with Gasteiger partial charge in [-0.1, -0.05) is 0 Å². The van der Waals surface area contributed by atoms with Crippen molar-refractivity contribution in [2.45, 2.75) is 33.3 Å².